The highest BCUT2D eigenvalue weighted by Crippen LogP contribution is 2.14. The molecule has 0 aliphatic rings. The third-order valence-corrected chi connectivity index (χ3v) is 16.0. The molecular formula is C64H102N20O20. The van der Waals surface area contributed by atoms with E-state index in [0.29, 0.717) is 17.7 Å². The van der Waals surface area contributed by atoms with Crippen molar-refractivity contribution in [1.82, 2.24) is 73.8 Å². The first-order chi connectivity index (χ1) is 48.9. The average Bonchev–Trinajstić information content (AvgIpc) is 0.943. The van der Waals surface area contributed by atoms with E-state index in [9.17, 15) is 97.1 Å². The van der Waals surface area contributed by atoms with Gasteiger partial charge in [0.25, 0.3) is 0 Å². The van der Waals surface area contributed by atoms with E-state index in [-0.39, 0.29) is 69.9 Å². The van der Waals surface area contributed by atoms with E-state index in [1.807, 2.05) is 0 Å². The predicted molar refractivity (Wildman–Crippen MR) is 370 cm³/mol. The summed E-state index contributed by atoms with van der Waals surface area (Å²) in [6.07, 6.45) is -1.56. The van der Waals surface area contributed by atoms with E-state index >= 15 is 0 Å². The number of carbonyl (C=O) groups is 16. The molecule has 104 heavy (non-hydrogen) atoms. The maximum atomic E-state index is 14.4. The molecule has 2 aromatic rings. The topological polar surface area (TPSA) is 670 Å². The minimum Gasteiger partial charge on any atom is -0.481 e. The van der Waals surface area contributed by atoms with Crippen molar-refractivity contribution in [2.24, 2.45) is 51.4 Å². The first-order valence-electron chi connectivity index (χ1n) is 33.6. The van der Waals surface area contributed by atoms with Crippen molar-refractivity contribution in [3.8, 4) is 0 Å². The van der Waals surface area contributed by atoms with Crippen LogP contribution in [0.1, 0.15) is 130 Å². The monoisotopic (exact) mass is 1470 g/mol. The van der Waals surface area contributed by atoms with Gasteiger partial charge in [-0.05, 0) is 75.2 Å². The lowest BCUT2D eigenvalue weighted by atomic mass is 9.99. The number of aliphatic hydroxyl groups is 1. The van der Waals surface area contributed by atoms with Gasteiger partial charge in [0.05, 0.1) is 25.4 Å². The number of hydrogen-bond acceptors (Lipinski definition) is 20. The number of aromatic nitrogens is 2. The van der Waals surface area contributed by atoms with E-state index in [4.69, 9.17) is 28.7 Å². The molecule has 40 heteroatoms. The second-order valence-electron chi connectivity index (χ2n) is 25.5. The van der Waals surface area contributed by atoms with Crippen molar-refractivity contribution in [1.29, 1.82) is 0 Å². The highest BCUT2D eigenvalue weighted by Gasteiger charge is 2.38. The zero-order valence-corrected chi connectivity index (χ0v) is 59.1. The number of imidazole rings is 1. The number of carboxylic acids is 3. The number of carboxylic acid groups (broad SMARTS) is 3. The molecule has 40 nitrogen and oxygen atoms in total. The normalized spacial score (nSPS) is 14.8. The van der Waals surface area contributed by atoms with E-state index in [2.05, 4.69) is 78.8 Å². The van der Waals surface area contributed by atoms with Crippen molar-refractivity contribution in [2.45, 2.75) is 204 Å². The van der Waals surface area contributed by atoms with Crippen LogP contribution in [-0.4, -0.2) is 223 Å². The Morgan fingerprint density at radius 3 is 1.46 bits per heavy atom. The molecule has 13 atom stereocenters. The molecule has 0 fully saturated rings. The number of aliphatic hydroxyl groups excluding tert-OH is 1. The molecule has 2 rings (SSSR count). The Labute approximate surface area is 599 Å². The van der Waals surface area contributed by atoms with E-state index in [1.54, 1.807) is 58.0 Å². The van der Waals surface area contributed by atoms with E-state index in [0.717, 1.165) is 6.92 Å². The third kappa shape index (κ3) is 33.6. The Morgan fingerprint density at radius 2 is 0.971 bits per heavy atom. The number of H-pyrrole nitrogens is 1. The molecule has 0 aliphatic heterocycles. The number of rotatable bonds is 49. The lowest BCUT2D eigenvalue weighted by Crippen LogP contribution is -2.61. The van der Waals surface area contributed by atoms with Gasteiger partial charge in [-0.2, -0.15) is 0 Å². The molecule has 0 saturated heterocycles. The molecule has 1 aromatic carbocycles. The smallest absolute Gasteiger partial charge is 0.312 e. The molecule has 1 heterocycles. The van der Waals surface area contributed by atoms with Crippen LogP contribution < -0.4 is 92.5 Å². The van der Waals surface area contributed by atoms with Crippen LogP contribution in [0.15, 0.2) is 47.8 Å². The Hall–Kier alpha value is -11.1. The van der Waals surface area contributed by atoms with Gasteiger partial charge in [-0.3, -0.25) is 76.9 Å². The summed E-state index contributed by atoms with van der Waals surface area (Å²) in [4.78, 5) is 224. The largest absolute Gasteiger partial charge is 0.481 e. The van der Waals surface area contributed by atoms with E-state index < -0.39 is 218 Å². The zero-order valence-electron chi connectivity index (χ0n) is 59.1. The van der Waals surface area contributed by atoms with Gasteiger partial charge in [-0.25, -0.2) is 9.78 Å². The maximum absolute atomic E-state index is 14.4. The summed E-state index contributed by atoms with van der Waals surface area (Å²) in [5.41, 5.74) is 28.7. The number of nitrogens with one attached hydrogen (secondary N) is 13. The van der Waals surface area contributed by atoms with Gasteiger partial charge >= 0.3 is 23.9 Å². The van der Waals surface area contributed by atoms with Gasteiger partial charge in [0.2, 0.25) is 70.9 Å². The number of primary amides is 2. The summed E-state index contributed by atoms with van der Waals surface area (Å²) in [6.45, 7) is 9.61. The minimum absolute atomic E-state index is 0.00908. The number of aliphatic carboxylic acids is 3. The number of hydrogen-bond donors (Lipinski definition) is 22. The van der Waals surface area contributed by atoms with Gasteiger partial charge in [-0.1, -0.05) is 78.3 Å². The Bertz CT molecular complexity index is 3280. The standard InChI is InChI=1S/C64H102N20O20/c1-8-33(6)49(65)61(102)83-45(29-85)60(101)77-40(19-21-47(88)89)56(97)84-50(32(4)5)62(103)78-38(17-13-23-72-64(69)104)54(95)80-42(24-31(2)3)58(99)82-44(27-48(90)91)57(98)74-34(7)52(93)75-39(18-20-46(86)87)55(96)81-43(25-35-14-10-9-11-15-35)59(100)76-37(16-12-22-71-63(67)68)53(94)79-41(51(66)92)26-36-28-70-30-73-36/h9-11,14-15,28,30-34,37-45,49-50,85H,8,12-13,16-27,29,65H2,1-7H3,(H2,66,92)(H,70,73)(H,74,98)(H,75,93)(H,76,100)(H,77,101)(H,78,103)(H,79,94)(H,80,95)(H,81,96)(H,82,99)(H,83,102)(H,84,97)(H,86,87)(H,88,89)(H,90,91)(H4,67,68,71)(H3,69,72,104)/t33-,34-,37-,38-,39-,40-,41-,42-,43-,44-,45-,49-,50-/m0/s1. The molecule has 0 unspecified atom stereocenters. The van der Waals surface area contributed by atoms with Crippen LogP contribution in [0, 0.1) is 17.8 Å². The second kappa shape index (κ2) is 45.7. The molecule has 0 saturated carbocycles. The summed E-state index contributed by atoms with van der Waals surface area (Å²) < 4.78 is 0. The summed E-state index contributed by atoms with van der Waals surface area (Å²) in [7, 11) is 0. The SMILES string of the molecule is CC[C@H](C)[C@H](N)C(=O)N[C@@H](CO)C(=O)N[C@@H](CCC(=O)O)C(=O)N[C@H](C(=O)N[C@@H](CCCNC(N)=O)C(=O)N[C@@H](CC(C)C)C(=O)N[C@@H](CC(=O)O)C(=O)N[C@@H](C)C(=O)N[C@@H](CCC(=O)O)C(=O)N[C@@H](Cc1ccccc1)C(=O)N[C@@H](CCCN=C(N)N)C(=O)N[C@@H](Cc1cnc[nH]1)C(N)=O)C(C)C. The van der Waals surface area contributed by atoms with Crippen LogP contribution in [0.2, 0.25) is 0 Å². The van der Waals surface area contributed by atoms with Gasteiger partial charge in [0, 0.05) is 50.7 Å². The highest BCUT2D eigenvalue weighted by atomic mass is 16.4. The molecule has 0 bridgehead atoms. The Balaban J connectivity index is 2.48. The number of carbonyl (C=O) groups excluding carboxylic acids is 13. The van der Waals surface area contributed by atoms with Crippen LogP contribution >= 0.6 is 0 Å². The van der Waals surface area contributed by atoms with Crippen LogP contribution in [0.25, 0.3) is 0 Å². The van der Waals surface area contributed by atoms with Crippen molar-refractivity contribution in [3.05, 3.63) is 54.1 Å². The van der Waals surface area contributed by atoms with Gasteiger partial charge in [0.15, 0.2) is 5.96 Å². The Morgan fingerprint density at radius 1 is 0.510 bits per heavy atom. The first-order valence-corrected chi connectivity index (χ1v) is 33.6. The predicted octanol–water partition coefficient (Wildman–Crippen LogP) is -6.19. The van der Waals surface area contributed by atoms with Crippen molar-refractivity contribution >= 4 is 101 Å². The highest BCUT2D eigenvalue weighted by molar-refractivity contribution is 6.00. The molecule has 0 radical (unpaired) electrons. The average molecular weight is 1470 g/mol. The molecule has 1 aromatic heterocycles. The number of amides is 14. The molecular weight excluding hydrogens is 1370 g/mol. The summed E-state index contributed by atoms with van der Waals surface area (Å²) in [6, 6.07) is -11.9. The fourth-order valence-corrected chi connectivity index (χ4v) is 9.95. The summed E-state index contributed by atoms with van der Waals surface area (Å²) in [5, 5.41) is 68.0. The fourth-order valence-electron chi connectivity index (χ4n) is 9.95. The molecule has 0 aliphatic carbocycles. The van der Waals surface area contributed by atoms with Crippen LogP contribution in [0.3, 0.4) is 0 Å². The van der Waals surface area contributed by atoms with Crippen LogP contribution in [0.4, 0.5) is 4.79 Å². The third-order valence-electron chi connectivity index (χ3n) is 16.0. The second-order valence-corrected chi connectivity index (χ2v) is 25.5. The van der Waals surface area contributed by atoms with Crippen molar-refractivity contribution in [3.63, 3.8) is 0 Å². The first kappa shape index (κ1) is 89.0. The fraction of sp³-hybridized carbons (Fsp3) is 0.594. The number of aliphatic imine (C=N–C) groups is 1. The lowest BCUT2D eigenvalue weighted by Gasteiger charge is -2.29. The number of benzene rings is 1. The van der Waals surface area contributed by atoms with Crippen molar-refractivity contribution in [2.75, 3.05) is 19.7 Å². The maximum Gasteiger partial charge on any atom is 0.312 e. The van der Waals surface area contributed by atoms with Gasteiger partial charge in [-0.15, -0.1) is 0 Å². The number of urea groups is 1. The van der Waals surface area contributed by atoms with Crippen molar-refractivity contribution < 1.29 is 97.1 Å². The number of aromatic amines is 1. The van der Waals surface area contributed by atoms with E-state index in [1.165, 1.54) is 26.4 Å². The number of guanidine groups is 1. The zero-order chi connectivity index (χ0) is 78.5. The Kier molecular flexibility index (Phi) is 39.1. The lowest BCUT2D eigenvalue weighted by molar-refractivity contribution is -0.142. The number of nitrogens with zero attached hydrogens (tertiary/aromatic N) is 2. The molecule has 578 valence electrons. The molecule has 14 amide bonds. The summed E-state index contributed by atoms with van der Waals surface area (Å²) in [5.74, 6) is -19.0. The quantitative estimate of drug-likeness (QED) is 0.0166. The van der Waals surface area contributed by atoms with Gasteiger partial charge in [0.1, 0.15) is 66.5 Å². The molecule has 27 N–H and O–H groups in total. The van der Waals surface area contributed by atoms with Crippen LogP contribution in [0.5, 0.6) is 0 Å². The number of nitrogens with two attached hydrogens (primary N) is 5. The van der Waals surface area contributed by atoms with Gasteiger partial charge < -0.3 is 118 Å². The summed E-state index contributed by atoms with van der Waals surface area (Å²) >= 11 is 0. The minimum atomic E-state index is -2.02. The van der Waals surface area contributed by atoms with Crippen LogP contribution in [-0.2, 0) is 84.8 Å². The molecule has 0 spiro atoms.